The lowest BCUT2D eigenvalue weighted by molar-refractivity contribution is 0.537. The first-order valence-electron chi connectivity index (χ1n) is 7.37. The molecule has 114 valence electrons. The fourth-order valence-electron chi connectivity index (χ4n) is 2.28. The molecule has 0 fully saturated rings. The molecule has 1 aromatic carbocycles. The first-order chi connectivity index (χ1) is 10.8. The SMILES string of the molecule is CCc1ncc(CNCCn2ncc3ccccc3c2=O)s1. The van der Waals surface area contributed by atoms with Gasteiger partial charge in [0, 0.05) is 29.5 Å². The smallest absolute Gasteiger partial charge is 0.274 e. The number of fused-ring (bicyclic) bond motifs is 1. The molecular weight excluding hydrogens is 296 g/mol. The summed E-state index contributed by atoms with van der Waals surface area (Å²) in [6.45, 7) is 4.14. The predicted octanol–water partition coefficient (Wildman–Crippen LogP) is 2.21. The summed E-state index contributed by atoms with van der Waals surface area (Å²) in [5, 5.41) is 10.3. The maximum atomic E-state index is 12.3. The van der Waals surface area contributed by atoms with E-state index in [0.717, 1.165) is 23.4 Å². The zero-order valence-electron chi connectivity index (χ0n) is 12.5. The highest BCUT2D eigenvalue weighted by Gasteiger charge is 2.03. The van der Waals surface area contributed by atoms with Crippen LogP contribution in [0.5, 0.6) is 0 Å². The first-order valence-corrected chi connectivity index (χ1v) is 8.18. The lowest BCUT2D eigenvalue weighted by atomic mass is 10.2. The number of nitrogens with one attached hydrogen (secondary N) is 1. The molecule has 5 nitrogen and oxygen atoms in total. The minimum atomic E-state index is -0.0361. The average molecular weight is 314 g/mol. The Labute approximate surface area is 132 Å². The molecule has 0 bridgehead atoms. The van der Waals surface area contributed by atoms with Crippen molar-refractivity contribution < 1.29 is 0 Å². The zero-order valence-corrected chi connectivity index (χ0v) is 13.3. The molecule has 22 heavy (non-hydrogen) atoms. The molecular formula is C16H18N4OS. The summed E-state index contributed by atoms with van der Waals surface area (Å²) in [5.41, 5.74) is -0.0361. The highest BCUT2D eigenvalue weighted by atomic mass is 32.1. The summed E-state index contributed by atoms with van der Waals surface area (Å²) in [6.07, 6.45) is 4.63. The van der Waals surface area contributed by atoms with Gasteiger partial charge in [0.1, 0.15) is 0 Å². The molecule has 0 saturated carbocycles. The Bertz CT molecular complexity index is 824. The highest BCUT2D eigenvalue weighted by Crippen LogP contribution is 2.12. The molecule has 0 saturated heterocycles. The van der Waals surface area contributed by atoms with Gasteiger partial charge in [-0.15, -0.1) is 11.3 Å². The maximum Gasteiger partial charge on any atom is 0.274 e. The van der Waals surface area contributed by atoms with E-state index in [1.807, 2.05) is 30.5 Å². The standard InChI is InChI=1S/C16H18N4OS/c1-2-15-18-11-13(22-15)10-17-7-8-20-16(21)14-6-4-3-5-12(14)9-19-20/h3-6,9,11,17H,2,7-8,10H2,1H3. The van der Waals surface area contributed by atoms with Crippen molar-refractivity contribution in [1.82, 2.24) is 20.1 Å². The summed E-state index contributed by atoms with van der Waals surface area (Å²) in [5.74, 6) is 0. The average Bonchev–Trinajstić information content (AvgIpc) is 3.01. The molecule has 3 aromatic rings. The molecule has 2 aromatic heterocycles. The minimum Gasteiger partial charge on any atom is -0.310 e. The van der Waals surface area contributed by atoms with Gasteiger partial charge in [0.25, 0.3) is 5.56 Å². The third kappa shape index (κ3) is 3.23. The number of hydrogen-bond acceptors (Lipinski definition) is 5. The van der Waals surface area contributed by atoms with Crippen LogP contribution in [0.2, 0.25) is 0 Å². The fourth-order valence-corrected chi connectivity index (χ4v) is 3.11. The van der Waals surface area contributed by atoms with Crippen LogP contribution in [0.4, 0.5) is 0 Å². The first kappa shape index (κ1) is 14.9. The second kappa shape index (κ2) is 6.81. The van der Waals surface area contributed by atoms with Crippen LogP contribution in [0.15, 0.2) is 41.5 Å². The topological polar surface area (TPSA) is 59.8 Å². The van der Waals surface area contributed by atoms with Crippen LogP contribution in [0.3, 0.4) is 0 Å². The van der Waals surface area contributed by atoms with E-state index in [4.69, 9.17) is 0 Å². The molecule has 0 aliphatic carbocycles. The van der Waals surface area contributed by atoms with Crippen LogP contribution in [0.25, 0.3) is 10.8 Å². The van der Waals surface area contributed by atoms with E-state index in [1.54, 1.807) is 17.5 Å². The van der Waals surface area contributed by atoms with Gasteiger partial charge in [-0.3, -0.25) is 4.79 Å². The van der Waals surface area contributed by atoms with Crippen LogP contribution in [0.1, 0.15) is 16.8 Å². The molecule has 1 N–H and O–H groups in total. The van der Waals surface area contributed by atoms with Gasteiger partial charge in [-0.05, 0) is 12.5 Å². The monoisotopic (exact) mass is 314 g/mol. The van der Waals surface area contributed by atoms with Gasteiger partial charge in [-0.25, -0.2) is 9.67 Å². The molecule has 0 atom stereocenters. The van der Waals surface area contributed by atoms with Gasteiger partial charge in [0.2, 0.25) is 0 Å². The molecule has 0 aliphatic heterocycles. The van der Waals surface area contributed by atoms with Crippen LogP contribution < -0.4 is 10.9 Å². The number of aromatic nitrogens is 3. The third-order valence-electron chi connectivity index (χ3n) is 3.47. The molecule has 6 heteroatoms. The second-order valence-corrected chi connectivity index (χ2v) is 6.21. The summed E-state index contributed by atoms with van der Waals surface area (Å²) < 4.78 is 1.51. The molecule has 0 amide bonds. The molecule has 0 radical (unpaired) electrons. The molecule has 0 spiro atoms. The van der Waals surface area contributed by atoms with E-state index in [9.17, 15) is 4.79 Å². The number of rotatable bonds is 6. The number of hydrogen-bond donors (Lipinski definition) is 1. The highest BCUT2D eigenvalue weighted by molar-refractivity contribution is 7.11. The largest absolute Gasteiger partial charge is 0.310 e. The molecule has 2 heterocycles. The third-order valence-corrected chi connectivity index (χ3v) is 4.61. The number of nitrogens with zero attached hydrogens (tertiary/aromatic N) is 3. The summed E-state index contributed by atoms with van der Waals surface area (Å²) >= 11 is 1.73. The lowest BCUT2D eigenvalue weighted by Gasteiger charge is -2.06. The van der Waals surface area contributed by atoms with Gasteiger partial charge >= 0.3 is 0 Å². The van der Waals surface area contributed by atoms with E-state index in [-0.39, 0.29) is 5.56 Å². The van der Waals surface area contributed by atoms with Crippen molar-refractivity contribution in [3.63, 3.8) is 0 Å². The lowest BCUT2D eigenvalue weighted by Crippen LogP contribution is -2.28. The van der Waals surface area contributed by atoms with E-state index >= 15 is 0 Å². The van der Waals surface area contributed by atoms with Crippen molar-refractivity contribution in [1.29, 1.82) is 0 Å². The summed E-state index contributed by atoms with van der Waals surface area (Å²) in [4.78, 5) is 17.8. The van der Waals surface area contributed by atoms with Crippen molar-refractivity contribution >= 4 is 22.1 Å². The van der Waals surface area contributed by atoms with Crippen LogP contribution in [0, 0.1) is 0 Å². The van der Waals surface area contributed by atoms with Crippen LogP contribution >= 0.6 is 11.3 Å². The van der Waals surface area contributed by atoms with Gasteiger partial charge in [0.05, 0.1) is 23.1 Å². The number of thiazole rings is 1. The fraction of sp³-hybridized carbons (Fsp3) is 0.312. The van der Waals surface area contributed by atoms with Crippen LogP contribution in [-0.2, 0) is 19.5 Å². The summed E-state index contributed by atoms with van der Waals surface area (Å²) in [7, 11) is 0. The van der Waals surface area contributed by atoms with Crippen molar-refractivity contribution in [2.45, 2.75) is 26.4 Å². The van der Waals surface area contributed by atoms with Gasteiger partial charge in [-0.1, -0.05) is 25.1 Å². The zero-order chi connectivity index (χ0) is 15.4. The number of benzene rings is 1. The van der Waals surface area contributed by atoms with Crippen LogP contribution in [-0.4, -0.2) is 21.3 Å². The van der Waals surface area contributed by atoms with Gasteiger partial charge in [0.15, 0.2) is 0 Å². The molecule has 0 aliphatic rings. The van der Waals surface area contributed by atoms with Gasteiger partial charge in [-0.2, -0.15) is 5.10 Å². The Hall–Kier alpha value is -2.05. The van der Waals surface area contributed by atoms with E-state index in [0.29, 0.717) is 18.5 Å². The van der Waals surface area contributed by atoms with Crippen molar-refractivity contribution in [2.75, 3.05) is 6.54 Å². The Morgan fingerprint density at radius 1 is 1.27 bits per heavy atom. The molecule has 3 rings (SSSR count). The predicted molar refractivity (Wildman–Crippen MR) is 89.2 cm³/mol. The second-order valence-electron chi connectivity index (χ2n) is 5.01. The van der Waals surface area contributed by atoms with E-state index in [2.05, 4.69) is 22.3 Å². The quantitative estimate of drug-likeness (QED) is 0.709. The number of aryl methyl sites for hydroxylation is 1. The van der Waals surface area contributed by atoms with Crippen molar-refractivity contribution in [3.8, 4) is 0 Å². The normalized spacial score (nSPS) is 11.1. The maximum absolute atomic E-state index is 12.3. The van der Waals surface area contributed by atoms with E-state index in [1.165, 1.54) is 9.56 Å². The van der Waals surface area contributed by atoms with E-state index < -0.39 is 0 Å². The van der Waals surface area contributed by atoms with Gasteiger partial charge < -0.3 is 5.32 Å². The summed E-state index contributed by atoms with van der Waals surface area (Å²) in [6, 6.07) is 7.53. The van der Waals surface area contributed by atoms with Crippen molar-refractivity contribution in [2.24, 2.45) is 0 Å². The van der Waals surface area contributed by atoms with Crippen molar-refractivity contribution in [3.05, 3.63) is 56.9 Å². The minimum absolute atomic E-state index is 0.0361. The Balaban J connectivity index is 1.60. The Kier molecular flexibility index (Phi) is 4.60. The Morgan fingerprint density at radius 2 is 2.14 bits per heavy atom. The molecule has 0 unspecified atom stereocenters. The Morgan fingerprint density at radius 3 is 2.95 bits per heavy atom.